The van der Waals surface area contributed by atoms with E-state index in [0.717, 1.165) is 60.2 Å². The van der Waals surface area contributed by atoms with E-state index in [4.69, 9.17) is 16.3 Å². The molecule has 0 spiro atoms. The highest BCUT2D eigenvalue weighted by molar-refractivity contribution is 5.93. The van der Waals surface area contributed by atoms with Crippen molar-refractivity contribution in [1.82, 2.24) is 29.5 Å². The van der Waals surface area contributed by atoms with Crippen molar-refractivity contribution in [2.45, 2.75) is 44.8 Å². The molecule has 0 saturated heterocycles. The van der Waals surface area contributed by atoms with Crippen molar-refractivity contribution in [2.75, 3.05) is 11.9 Å². The maximum absolute atomic E-state index is 6.21. The largest absolute Gasteiger partial charge is 0.487 e. The van der Waals surface area contributed by atoms with Gasteiger partial charge in [0.2, 0.25) is 0 Å². The second kappa shape index (κ2) is 8.94. The third-order valence-electron chi connectivity index (χ3n) is 6.12. The monoisotopic (exact) mass is 441 g/mol. The van der Waals surface area contributed by atoms with Crippen molar-refractivity contribution in [3.05, 3.63) is 48.7 Å². The highest BCUT2D eigenvalue weighted by atomic mass is 16.5. The number of ether oxygens (including phenoxy) is 1. The highest BCUT2D eigenvalue weighted by Crippen LogP contribution is 2.36. The minimum absolute atomic E-state index is 0.121. The van der Waals surface area contributed by atoms with E-state index < -0.39 is 0 Å². The molecule has 1 aliphatic carbocycles. The fourth-order valence-corrected chi connectivity index (χ4v) is 4.53. The van der Waals surface area contributed by atoms with E-state index in [-0.39, 0.29) is 12.1 Å². The van der Waals surface area contributed by atoms with Gasteiger partial charge in [-0.2, -0.15) is 10.2 Å². The van der Waals surface area contributed by atoms with Crippen molar-refractivity contribution >= 4 is 16.7 Å². The number of anilines is 1. The van der Waals surface area contributed by atoms with Crippen molar-refractivity contribution in [1.29, 1.82) is 0 Å². The molecule has 4 aromatic heterocycles. The summed E-state index contributed by atoms with van der Waals surface area (Å²) in [6, 6.07) is 6.14. The lowest BCUT2D eigenvalue weighted by Crippen LogP contribution is -2.26. The average molecular weight is 442 g/mol. The molecule has 0 bridgehead atoms. The third-order valence-corrected chi connectivity index (χ3v) is 6.12. The molecule has 0 atom stereocenters. The standard InChI is InChI=1S/C25H27N7O/c1-4-21-23(7-6-12-27-21)33-19-10-8-18(9-11-19)32-22-13-24(26-5-2)28-15-20(22)25(30-32)17-14-29-31(3)16-17/h1,6-7,12-16,18-19H,5,8-11H2,2-3H3,(H,26,28). The number of aryl methyl sites for hydroxylation is 1. The van der Waals surface area contributed by atoms with E-state index >= 15 is 0 Å². The minimum atomic E-state index is 0.121. The maximum Gasteiger partial charge on any atom is 0.154 e. The number of hydrogen-bond acceptors (Lipinski definition) is 6. The molecule has 0 aliphatic heterocycles. The lowest BCUT2D eigenvalue weighted by atomic mass is 9.93. The molecule has 5 rings (SSSR count). The normalized spacial score (nSPS) is 18.2. The number of hydrogen-bond donors (Lipinski definition) is 1. The van der Waals surface area contributed by atoms with Crippen LogP contribution < -0.4 is 10.1 Å². The molecule has 1 saturated carbocycles. The molecule has 168 valence electrons. The smallest absolute Gasteiger partial charge is 0.154 e. The molecular weight excluding hydrogens is 414 g/mol. The summed E-state index contributed by atoms with van der Waals surface area (Å²) in [4.78, 5) is 8.81. The van der Waals surface area contributed by atoms with Gasteiger partial charge in [-0.3, -0.25) is 9.36 Å². The Morgan fingerprint density at radius 3 is 2.79 bits per heavy atom. The van der Waals surface area contributed by atoms with E-state index in [0.29, 0.717) is 11.4 Å². The SMILES string of the molecule is C#Cc1ncccc1OC1CCC(n2nc(-c3cnn(C)c3)c3cnc(NCC)cc32)CC1. The van der Waals surface area contributed by atoms with Crippen LogP contribution in [0.1, 0.15) is 44.3 Å². The van der Waals surface area contributed by atoms with Gasteiger partial charge >= 0.3 is 0 Å². The van der Waals surface area contributed by atoms with E-state index in [9.17, 15) is 0 Å². The number of terminal acetylenes is 1. The maximum atomic E-state index is 6.21. The van der Waals surface area contributed by atoms with Crippen molar-refractivity contribution < 1.29 is 4.74 Å². The predicted molar refractivity (Wildman–Crippen MR) is 128 cm³/mol. The lowest BCUT2D eigenvalue weighted by Gasteiger charge is -2.29. The van der Waals surface area contributed by atoms with Crippen molar-refractivity contribution in [3.8, 4) is 29.4 Å². The van der Waals surface area contributed by atoms with Crippen LogP contribution in [0.2, 0.25) is 0 Å². The molecule has 8 nitrogen and oxygen atoms in total. The highest BCUT2D eigenvalue weighted by Gasteiger charge is 2.27. The Balaban J connectivity index is 1.41. The first-order chi connectivity index (χ1) is 16.2. The summed E-state index contributed by atoms with van der Waals surface area (Å²) in [5, 5.41) is 13.7. The summed E-state index contributed by atoms with van der Waals surface area (Å²) in [6.45, 7) is 2.89. The second-order valence-corrected chi connectivity index (χ2v) is 8.36. The van der Waals surface area contributed by atoms with Crippen LogP contribution in [0.3, 0.4) is 0 Å². The van der Waals surface area contributed by atoms with Crippen LogP contribution in [-0.2, 0) is 7.05 Å². The van der Waals surface area contributed by atoms with Gasteiger partial charge in [0.15, 0.2) is 11.4 Å². The Morgan fingerprint density at radius 2 is 2.06 bits per heavy atom. The zero-order valence-corrected chi connectivity index (χ0v) is 18.9. The number of nitrogens with zero attached hydrogens (tertiary/aromatic N) is 6. The lowest BCUT2D eigenvalue weighted by molar-refractivity contribution is 0.130. The minimum Gasteiger partial charge on any atom is -0.487 e. The van der Waals surface area contributed by atoms with Crippen LogP contribution in [0.15, 0.2) is 43.0 Å². The van der Waals surface area contributed by atoms with Gasteiger partial charge in [0.1, 0.15) is 11.5 Å². The fraction of sp³-hybridized carbons (Fsp3) is 0.360. The van der Waals surface area contributed by atoms with E-state index in [1.165, 1.54) is 0 Å². The van der Waals surface area contributed by atoms with Crippen LogP contribution in [-0.4, -0.2) is 42.2 Å². The van der Waals surface area contributed by atoms with E-state index in [2.05, 4.69) is 44.0 Å². The van der Waals surface area contributed by atoms with Gasteiger partial charge in [0.05, 0.1) is 23.9 Å². The quantitative estimate of drug-likeness (QED) is 0.452. The molecule has 8 heteroatoms. The summed E-state index contributed by atoms with van der Waals surface area (Å²) in [6.07, 6.45) is 16.9. The fourth-order valence-electron chi connectivity index (χ4n) is 4.53. The molecule has 33 heavy (non-hydrogen) atoms. The topological polar surface area (TPSA) is 82.7 Å². The summed E-state index contributed by atoms with van der Waals surface area (Å²) >= 11 is 0. The average Bonchev–Trinajstić information content (AvgIpc) is 3.43. The van der Waals surface area contributed by atoms with Gasteiger partial charge in [0.25, 0.3) is 0 Å². The molecule has 0 aromatic carbocycles. The number of fused-ring (bicyclic) bond motifs is 1. The zero-order valence-electron chi connectivity index (χ0n) is 18.9. The van der Waals surface area contributed by atoms with E-state index in [1.54, 1.807) is 10.9 Å². The van der Waals surface area contributed by atoms with E-state index in [1.807, 2.05) is 37.8 Å². The molecule has 1 aliphatic rings. The van der Waals surface area contributed by atoms with Crippen LogP contribution in [0.4, 0.5) is 5.82 Å². The van der Waals surface area contributed by atoms with Crippen molar-refractivity contribution in [2.24, 2.45) is 7.05 Å². The second-order valence-electron chi connectivity index (χ2n) is 8.36. The predicted octanol–water partition coefficient (Wildman–Crippen LogP) is 4.20. The number of rotatable bonds is 6. The van der Waals surface area contributed by atoms with Gasteiger partial charge in [0, 0.05) is 49.2 Å². The summed E-state index contributed by atoms with van der Waals surface area (Å²) in [5.41, 5.74) is 3.56. The van der Waals surface area contributed by atoms with Crippen LogP contribution in [0.5, 0.6) is 5.75 Å². The zero-order chi connectivity index (χ0) is 22.8. The molecule has 4 heterocycles. The molecule has 1 N–H and O–H groups in total. The van der Waals surface area contributed by atoms with Crippen LogP contribution in [0, 0.1) is 12.3 Å². The molecule has 1 fully saturated rings. The molecule has 0 unspecified atom stereocenters. The Morgan fingerprint density at radius 1 is 1.21 bits per heavy atom. The van der Waals surface area contributed by atoms with Gasteiger partial charge < -0.3 is 10.1 Å². The first kappa shape index (κ1) is 21.0. The van der Waals surface area contributed by atoms with Gasteiger partial charge in [-0.25, -0.2) is 9.97 Å². The Bertz CT molecular complexity index is 1310. The Kier molecular flexibility index (Phi) is 5.69. The first-order valence-electron chi connectivity index (χ1n) is 11.4. The summed E-state index contributed by atoms with van der Waals surface area (Å²) < 4.78 is 10.2. The van der Waals surface area contributed by atoms with Crippen molar-refractivity contribution in [3.63, 3.8) is 0 Å². The number of nitrogens with one attached hydrogen (secondary N) is 1. The molecular formula is C25H27N7O. The summed E-state index contributed by atoms with van der Waals surface area (Å²) in [5.74, 6) is 4.16. The summed E-state index contributed by atoms with van der Waals surface area (Å²) in [7, 11) is 1.92. The van der Waals surface area contributed by atoms with Crippen LogP contribution >= 0.6 is 0 Å². The van der Waals surface area contributed by atoms with Gasteiger partial charge in [-0.1, -0.05) is 0 Å². The van der Waals surface area contributed by atoms with Gasteiger partial charge in [-0.05, 0) is 50.7 Å². The molecule has 4 aromatic rings. The van der Waals surface area contributed by atoms with Crippen LogP contribution in [0.25, 0.3) is 22.2 Å². The first-order valence-corrected chi connectivity index (χ1v) is 11.4. The Labute approximate surface area is 193 Å². The number of aromatic nitrogens is 6. The Hall–Kier alpha value is -3.86. The molecule has 0 amide bonds. The molecule has 0 radical (unpaired) electrons. The van der Waals surface area contributed by atoms with Gasteiger partial charge in [-0.15, -0.1) is 6.42 Å². The third kappa shape index (κ3) is 4.14. The number of pyridine rings is 2.